The number of carbonyl (C=O) groups is 1. The molecule has 0 saturated heterocycles. The molecule has 1 aromatic rings. The second-order valence-corrected chi connectivity index (χ2v) is 5.53. The molecule has 0 spiro atoms. The van der Waals surface area contributed by atoms with Crippen molar-refractivity contribution in [2.75, 3.05) is 18.5 Å². The summed E-state index contributed by atoms with van der Waals surface area (Å²) in [5.74, 6) is -0.737. The molecule has 0 bridgehead atoms. The van der Waals surface area contributed by atoms with E-state index in [0.29, 0.717) is 13.0 Å². The smallest absolute Gasteiger partial charge is 0.420 e. The average Bonchev–Trinajstić information content (AvgIpc) is 2.53. The van der Waals surface area contributed by atoms with E-state index in [1.807, 2.05) is 6.92 Å². The van der Waals surface area contributed by atoms with E-state index in [-0.39, 0.29) is 18.0 Å². The Bertz CT molecular complexity index is 561. The van der Waals surface area contributed by atoms with Crippen molar-refractivity contribution in [1.82, 2.24) is 0 Å². The van der Waals surface area contributed by atoms with Crippen molar-refractivity contribution in [3.8, 4) is 5.75 Å². The van der Waals surface area contributed by atoms with Crippen molar-refractivity contribution >= 4 is 11.6 Å². The van der Waals surface area contributed by atoms with Crippen LogP contribution in [0.15, 0.2) is 18.2 Å². The quantitative estimate of drug-likeness (QED) is 0.745. The van der Waals surface area contributed by atoms with Crippen LogP contribution in [0, 0.1) is 0 Å². The third-order valence-corrected chi connectivity index (χ3v) is 3.62. The summed E-state index contributed by atoms with van der Waals surface area (Å²) < 4.78 is 50.0. The monoisotopic (exact) mass is 347 g/mol. The third kappa shape index (κ3) is 5.12. The first-order valence-corrected chi connectivity index (χ1v) is 7.97. The Morgan fingerprint density at radius 2 is 1.88 bits per heavy atom. The van der Waals surface area contributed by atoms with Gasteiger partial charge in [-0.3, -0.25) is 4.79 Å². The maximum atomic E-state index is 13.1. The van der Waals surface area contributed by atoms with Gasteiger partial charge in [-0.2, -0.15) is 13.2 Å². The molecule has 1 aromatic carbocycles. The Kier molecular flexibility index (Phi) is 7.08. The first kappa shape index (κ1) is 20.3. The van der Waals surface area contributed by atoms with Gasteiger partial charge in [0.15, 0.2) is 0 Å². The van der Waals surface area contributed by atoms with Crippen LogP contribution in [0.1, 0.15) is 46.1 Å². The number of hydrogen-bond acceptors (Lipinski definition) is 3. The van der Waals surface area contributed by atoms with E-state index in [2.05, 4.69) is 5.32 Å². The third-order valence-electron chi connectivity index (χ3n) is 3.62. The molecule has 136 valence electrons. The highest BCUT2D eigenvalue weighted by atomic mass is 19.4. The summed E-state index contributed by atoms with van der Waals surface area (Å²) in [7, 11) is 0. The van der Waals surface area contributed by atoms with Crippen molar-refractivity contribution in [2.24, 2.45) is 0 Å². The Balaban J connectivity index is 3.04. The van der Waals surface area contributed by atoms with Gasteiger partial charge in [0.25, 0.3) is 5.91 Å². The SMILES string of the molecule is CCCOC(C)(CC)C(=O)Nc1ccc(OCC)c(C(F)(F)F)c1. The number of anilines is 1. The highest BCUT2D eigenvalue weighted by Gasteiger charge is 2.36. The molecule has 7 heteroatoms. The minimum absolute atomic E-state index is 0.0514. The van der Waals surface area contributed by atoms with Crippen LogP contribution in [-0.4, -0.2) is 24.7 Å². The first-order chi connectivity index (χ1) is 11.2. The fourth-order valence-corrected chi connectivity index (χ4v) is 2.03. The predicted octanol–water partition coefficient (Wildman–Crippen LogP) is 4.64. The summed E-state index contributed by atoms with van der Waals surface area (Å²) in [5, 5.41) is 2.50. The second-order valence-electron chi connectivity index (χ2n) is 5.53. The van der Waals surface area contributed by atoms with Crippen LogP contribution in [0.4, 0.5) is 18.9 Å². The van der Waals surface area contributed by atoms with Gasteiger partial charge in [0.1, 0.15) is 11.4 Å². The normalized spacial score (nSPS) is 14.1. The molecule has 0 aromatic heterocycles. The summed E-state index contributed by atoms with van der Waals surface area (Å²) >= 11 is 0. The average molecular weight is 347 g/mol. The molecule has 1 N–H and O–H groups in total. The topological polar surface area (TPSA) is 47.6 Å². The molecule has 0 radical (unpaired) electrons. The summed E-state index contributed by atoms with van der Waals surface area (Å²) in [4.78, 5) is 12.4. The van der Waals surface area contributed by atoms with Gasteiger partial charge in [0, 0.05) is 12.3 Å². The molecule has 1 rings (SSSR count). The van der Waals surface area contributed by atoms with E-state index in [1.54, 1.807) is 20.8 Å². The summed E-state index contributed by atoms with van der Waals surface area (Å²) in [5.41, 5.74) is -1.96. The van der Waals surface area contributed by atoms with Crippen molar-refractivity contribution < 1.29 is 27.4 Å². The minimum atomic E-state index is -4.57. The molecule has 0 aliphatic carbocycles. The molecule has 1 unspecified atom stereocenters. The Hall–Kier alpha value is -1.76. The van der Waals surface area contributed by atoms with Crippen LogP contribution in [-0.2, 0) is 15.7 Å². The van der Waals surface area contributed by atoms with Gasteiger partial charge in [0.05, 0.1) is 12.2 Å². The first-order valence-electron chi connectivity index (χ1n) is 7.97. The molecule has 0 fully saturated rings. The molecular weight excluding hydrogens is 323 g/mol. The number of benzene rings is 1. The Morgan fingerprint density at radius 3 is 2.38 bits per heavy atom. The highest BCUT2D eigenvalue weighted by Crippen LogP contribution is 2.38. The Labute approximate surface area is 140 Å². The van der Waals surface area contributed by atoms with E-state index < -0.39 is 23.2 Å². The predicted molar refractivity (Wildman–Crippen MR) is 86.2 cm³/mol. The van der Waals surface area contributed by atoms with Gasteiger partial charge in [-0.15, -0.1) is 0 Å². The lowest BCUT2D eigenvalue weighted by molar-refractivity contribution is -0.140. The molecule has 1 amide bonds. The van der Waals surface area contributed by atoms with Crippen molar-refractivity contribution in [3.05, 3.63) is 23.8 Å². The fraction of sp³-hybridized carbons (Fsp3) is 0.588. The lowest BCUT2D eigenvalue weighted by Crippen LogP contribution is -2.42. The van der Waals surface area contributed by atoms with Gasteiger partial charge in [-0.25, -0.2) is 0 Å². The lowest BCUT2D eigenvalue weighted by atomic mass is 10.0. The van der Waals surface area contributed by atoms with E-state index in [1.165, 1.54) is 12.1 Å². The summed E-state index contributed by atoms with van der Waals surface area (Å²) in [6, 6.07) is 3.46. The van der Waals surface area contributed by atoms with Gasteiger partial charge < -0.3 is 14.8 Å². The molecule has 1 atom stereocenters. The van der Waals surface area contributed by atoms with Crippen LogP contribution in [0.5, 0.6) is 5.75 Å². The number of amides is 1. The van der Waals surface area contributed by atoms with E-state index in [4.69, 9.17) is 9.47 Å². The van der Waals surface area contributed by atoms with Crippen molar-refractivity contribution in [1.29, 1.82) is 0 Å². The van der Waals surface area contributed by atoms with Gasteiger partial charge in [0.2, 0.25) is 0 Å². The summed E-state index contributed by atoms with van der Waals surface area (Å²) in [6.07, 6.45) is -3.43. The number of nitrogens with one attached hydrogen (secondary N) is 1. The minimum Gasteiger partial charge on any atom is -0.493 e. The highest BCUT2D eigenvalue weighted by molar-refractivity contribution is 5.97. The van der Waals surface area contributed by atoms with E-state index >= 15 is 0 Å². The lowest BCUT2D eigenvalue weighted by Gasteiger charge is -2.27. The van der Waals surface area contributed by atoms with Crippen molar-refractivity contribution in [3.63, 3.8) is 0 Å². The van der Waals surface area contributed by atoms with E-state index in [9.17, 15) is 18.0 Å². The molecule has 4 nitrogen and oxygen atoms in total. The van der Waals surface area contributed by atoms with Gasteiger partial charge >= 0.3 is 6.18 Å². The molecule has 0 aliphatic heterocycles. The number of rotatable bonds is 8. The zero-order valence-corrected chi connectivity index (χ0v) is 14.4. The zero-order chi connectivity index (χ0) is 18.4. The van der Waals surface area contributed by atoms with E-state index in [0.717, 1.165) is 12.5 Å². The van der Waals surface area contributed by atoms with Gasteiger partial charge in [-0.1, -0.05) is 13.8 Å². The van der Waals surface area contributed by atoms with Gasteiger partial charge in [-0.05, 0) is 44.9 Å². The van der Waals surface area contributed by atoms with Crippen LogP contribution < -0.4 is 10.1 Å². The summed E-state index contributed by atoms with van der Waals surface area (Å²) in [6.45, 7) is 7.44. The standard InChI is InChI=1S/C17H24F3NO3/c1-5-10-24-16(4,6-2)15(22)21-12-8-9-14(23-7-3)13(11-12)17(18,19)20/h8-9,11H,5-7,10H2,1-4H3,(H,21,22). The molecule has 0 aliphatic rings. The van der Waals surface area contributed by atoms with Crippen molar-refractivity contribution in [2.45, 2.75) is 52.3 Å². The number of halogens is 3. The maximum absolute atomic E-state index is 13.1. The zero-order valence-electron chi connectivity index (χ0n) is 14.4. The molecule has 0 saturated carbocycles. The number of hydrogen-bond donors (Lipinski definition) is 1. The molecule has 24 heavy (non-hydrogen) atoms. The van der Waals surface area contributed by atoms with Crippen LogP contribution in [0.3, 0.4) is 0 Å². The Morgan fingerprint density at radius 1 is 1.21 bits per heavy atom. The number of carbonyl (C=O) groups excluding carboxylic acids is 1. The molecular formula is C17H24F3NO3. The van der Waals surface area contributed by atoms with Crippen LogP contribution >= 0.6 is 0 Å². The number of alkyl halides is 3. The number of ether oxygens (including phenoxy) is 2. The maximum Gasteiger partial charge on any atom is 0.420 e. The fourth-order valence-electron chi connectivity index (χ4n) is 2.03. The van der Waals surface area contributed by atoms with Crippen LogP contribution in [0.25, 0.3) is 0 Å². The second kappa shape index (κ2) is 8.37. The largest absolute Gasteiger partial charge is 0.493 e. The van der Waals surface area contributed by atoms with Crippen LogP contribution in [0.2, 0.25) is 0 Å². The molecule has 0 heterocycles.